The molecule has 1 fully saturated rings. The van der Waals surface area contributed by atoms with Gasteiger partial charge in [-0.05, 0) is 39.8 Å². The zero-order chi connectivity index (χ0) is 15.3. The number of anilines is 1. The van der Waals surface area contributed by atoms with Gasteiger partial charge in [0.1, 0.15) is 0 Å². The first kappa shape index (κ1) is 15.3. The highest BCUT2D eigenvalue weighted by molar-refractivity contribution is 7.90. The third-order valence-electron chi connectivity index (χ3n) is 3.72. The first-order chi connectivity index (χ1) is 8.92. The minimum Gasteiger partial charge on any atom is -0.399 e. The van der Waals surface area contributed by atoms with E-state index in [-0.39, 0.29) is 5.03 Å². The molecule has 20 heavy (non-hydrogen) atoms. The normalized spacial score (nSPS) is 21.1. The van der Waals surface area contributed by atoms with Gasteiger partial charge in [0.05, 0.1) is 16.8 Å². The average molecular weight is 298 g/mol. The van der Waals surface area contributed by atoms with Crippen LogP contribution in [0.15, 0.2) is 17.2 Å². The summed E-state index contributed by atoms with van der Waals surface area (Å²) in [6.07, 6.45) is 1.09. The van der Waals surface area contributed by atoms with Crippen LogP contribution in [0.5, 0.6) is 0 Å². The van der Waals surface area contributed by atoms with Gasteiger partial charge in [0.2, 0.25) is 0 Å². The second-order valence-electron chi connectivity index (χ2n) is 6.02. The molecular weight excluding hydrogens is 279 g/mol. The van der Waals surface area contributed by atoms with E-state index in [9.17, 15) is 8.42 Å². The highest BCUT2D eigenvalue weighted by Gasteiger charge is 2.52. The maximum Gasteiger partial charge on any atom is 0.514 e. The van der Waals surface area contributed by atoms with E-state index in [2.05, 4.69) is 4.98 Å². The molecule has 110 valence electrons. The van der Waals surface area contributed by atoms with Crippen LogP contribution in [-0.4, -0.2) is 38.0 Å². The van der Waals surface area contributed by atoms with Gasteiger partial charge in [-0.3, -0.25) is 0 Å². The SMILES string of the molecule is CC1(C)OB(c2cc(N)cc(S(C)(=O)=O)n2)OC1(C)C. The van der Waals surface area contributed by atoms with Crippen LogP contribution in [-0.2, 0) is 19.1 Å². The summed E-state index contributed by atoms with van der Waals surface area (Å²) >= 11 is 0. The van der Waals surface area contributed by atoms with Crippen LogP contribution >= 0.6 is 0 Å². The fourth-order valence-corrected chi connectivity index (χ4v) is 2.44. The minimum atomic E-state index is -3.44. The molecule has 2 N–H and O–H groups in total. The molecule has 2 heterocycles. The molecule has 1 aromatic heterocycles. The number of hydrogen-bond donors (Lipinski definition) is 1. The van der Waals surface area contributed by atoms with Gasteiger partial charge < -0.3 is 15.0 Å². The van der Waals surface area contributed by atoms with Gasteiger partial charge in [-0.2, -0.15) is 0 Å². The predicted molar refractivity (Wildman–Crippen MR) is 77.5 cm³/mol. The third-order valence-corrected chi connectivity index (χ3v) is 4.69. The summed E-state index contributed by atoms with van der Waals surface area (Å²) in [5.41, 5.74) is 5.38. The van der Waals surface area contributed by atoms with Crippen molar-refractivity contribution in [3.8, 4) is 0 Å². The van der Waals surface area contributed by atoms with Crippen molar-refractivity contribution in [1.82, 2.24) is 4.98 Å². The summed E-state index contributed by atoms with van der Waals surface area (Å²) in [5, 5.41) is -0.0813. The van der Waals surface area contributed by atoms with Crippen LogP contribution < -0.4 is 11.3 Å². The van der Waals surface area contributed by atoms with Crippen molar-refractivity contribution in [2.45, 2.75) is 43.9 Å². The zero-order valence-corrected chi connectivity index (χ0v) is 13.1. The van der Waals surface area contributed by atoms with E-state index in [4.69, 9.17) is 15.0 Å². The van der Waals surface area contributed by atoms with Crippen molar-refractivity contribution in [2.24, 2.45) is 0 Å². The molecule has 8 heteroatoms. The van der Waals surface area contributed by atoms with E-state index < -0.39 is 28.2 Å². The van der Waals surface area contributed by atoms with Gasteiger partial charge in [0.15, 0.2) is 14.9 Å². The maximum absolute atomic E-state index is 11.6. The van der Waals surface area contributed by atoms with Crippen molar-refractivity contribution >= 4 is 28.2 Å². The number of aromatic nitrogens is 1. The Morgan fingerprint density at radius 3 is 2.10 bits per heavy atom. The standard InChI is InChI=1S/C12H19BN2O4S/c1-11(2)12(3,4)19-13(18-11)9-6-8(14)7-10(15-9)20(5,16)17/h6-7H,1-5H3,(H2,14,15). The van der Waals surface area contributed by atoms with Crippen molar-refractivity contribution in [3.63, 3.8) is 0 Å². The molecule has 0 amide bonds. The molecule has 0 bridgehead atoms. The molecular formula is C12H19BN2O4S. The van der Waals surface area contributed by atoms with Gasteiger partial charge in [0.25, 0.3) is 0 Å². The Bertz CT molecular complexity index is 627. The van der Waals surface area contributed by atoms with Gasteiger partial charge >= 0.3 is 7.12 Å². The number of rotatable bonds is 2. The summed E-state index contributed by atoms with van der Waals surface area (Å²) in [6, 6.07) is 2.89. The Morgan fingerprint density at radius 1 is 1.15 bits per heavy atom. The largest absolute Gasteiger partial charge is 0.514 e. The first-order valence-corrected chi connectivity index (χ1v) is 8.15. The Kier molecular flexibility index (Phi) is 3.39. The Balaban J connectivity index is 2.44. The van der Waals surface area contributed by atoms with E-state index >= 15 is 0 Å². The van der Waals surface area contributed by atoms with Crippen LogP contribution in [0.2, 0.25) is 0 Å². The van der Waals surface area contributed by atoms with Gasteiger partial charge in [-0.1, -0.05) is 0 Å². The molecule has 1 saturated heterocycles. The lowest BCUT2D eigenvalue weighted by molar-refractivity contribution is 0.00578. The summed E-state index contributed by atoms with van der Waals surface area (Å²) < 4.78 is 34.9. The van der Waals surface area contributed by atoms with Crippen molar-refractivity contribution < 1.29 is 17.7 Å². The molecule has 0 radical (unpaired) electrons. The number of pyridine rings is 1. The monoisotopic (exact) mass is 298 g/mol. The molecule has 0 aliphatic carbocycles. The van der Waals surface area contributed by atoms with Crippen LogP contribution in [0, 0.1) is 0 Å². The van der Waals surface area contributed by atoms with E-state index in [1.165, 1.54) is 6.07 Å². The molecule has 1 aliphatic rings. The van der Waals surface area contributed by atoms with Gasteiger partial charge in [0, 0.05) is 11.9 Å². The lowest BCUT2D eigenvalue weighted by Crippen LogP contribution is -2.41. The van der Waals surface area contributed by atoms with E-state index in [1.807, 2.05) is 27.7 Å². The number of nitrogens with zero attached hydrogens (tertiary/aromatic N) is 1. The predicted octanol–water partition coefficient (Wildman–Crippen LogP) is 0.366. The number of hydrogen-bond acceptors (Lipinski definition) is 6. The molecule has 6 nitrogen and oxygen atoms in total. The fraction of sp³-hybridized carbons (Fsp3) is 0.583. The molecule has 0 saturated carbocycles. The van der Waals surface area contributed by atoms with Crippen molar-refractivity contribution in [2.75, 3.05) is 12.0 Å². The smallest absolute Gasteiger partial charge is 0.399 e. The number of nitrogen functional groups attached to an aromatic ring is 1. The second kappa shape index (κ2) is 4.44. The van der Waals surface area contributed by atoms with Crippen LogP contribution in [0.25, 0.3) is 0 Å². The highest BCUT2D eigenvalue weighted by Crippen LogP contribution is 2.36. The van der Waals surface area contributed by atoms with Crippen molar-refractivity contribution in [1.29, 1.82) is 0 Å². The first-order valence-electron chi connectivity index (χ1n) is 6.25. The van der Waals surface area contributed by atoms with Crippen molar-refractivity contribution in [3.05, 3.63) is 12.1 Å². The van der Waals surface area contributed by atoms with Crippen LogP contribution in [0.3, 0.4) is 0 Å². The third kappa shape index (κ3) is 2.68. The quantitative estimate of drug-likeness (QED) is 0.793. The molecule has 0 unspecified atom stereocenters. The van der Waals surface area contributed by atoms with Gasteiger partial charge in [-0.25, -0.2) is 13.4 Å². The fourth-order valence-electron chi connectivity index (χ4n) is 1.82. The second-order valence-corrected chi connectivity index (χ2v) is 7.99. The topological polar surface area (TPSA) is 91.5 Å². The molecule has 0 spiro atoms. The summed E-state index contributed by atoms with van der Waals surface area (Å²) in [7, 11) is -4.17. The number of sulfone groups is 1. The molecule has 1 aliphatic heterocycles. The Labute approximate surface area is 119 Å². The molecule has 0 atom stereocenters. The summed E-state index contributed by atoms with van der Waals surface area (Å²) in [6.45, 7) is 7.65. The molecule has 2 rings (SSSR count). The summed E-state index contributed by atoms with van der Waals surface area (Å²) in [5.74, 6) is 0. The Hall–Kier alpha value is -1.12. The highest BCUT2D eigenvalue weighted by atomic mass is 32.2. The maximum atomic E-state index is 11.6. The average Bonchev–Trinajstić information content (AvgIpc) is 2.46. The van der Waals surface area contributed by atoms with E-state index in [0.29, 0.717) is 11.3 Å². The van der Waals surface area contributed by atoms with Gasteiger partial charge in [-0.15, -0.1) is 0 Å². The summed E-state index contributed by atoms with van der Waals surface area (Å²) in [4.78, 5) is 4.10. The lowest BCUT2D eigenvalue weighted by Gasteiger charge is -2.32. The van der Waals surface area contributed by atoms with E-state index in [1.54, 1.807) is 6.07 Å². The lowest BCUT2D eigenvalue weighted by atomic mass is 9.84. The Morgan fingerprint density at radius 2 is 1.65 bits per heavy atom. The molecule has 1 aromatic rings. The minimum absolute atomic E-state index is 0.0813. The zero-order valence-electron chi connectivity index (χ0n) is 12.3. The van der Waals surface area contributed by atoms with Crippen LogP contribution in [0.1, 0.15) is 27.7 Å². The van der Waals surface area contributed by atoms with E-state index in [0.717, 1.165) is 6.26 Å². The van der Waals surface area contributed by atoms with Crippen LogP contribution in [0.4, 0.5) is 5.69 Å². The molecule has 0 aromatic carbocycles. The number of nitrogens with two attached hydrogens (primary N) is 1.